The van der Waals surface area contributed by atoms with Gasteiger partial charge in [0.2, 0.25) is 0 Å². The van der Waals surface area contributed by atoms with Crippen LogP contribution in [0.15, 0.2) is 11.3 Å². The molecule has 1 N–H and O–H groups in total. The van der Waals surface area contributed by atoms with Crippen LogP contribution in [0, 0.1) is 0 Å². The summed E-state index contributed by atoms with van der Waals surface area (Å²) in [6.07, 6.45) is 1.27. The molecule has 0 aromatic rings. The standard InChI is InChI=1S/C9H16N2/c1-7-5-8(2)11-4-3-10-6-9(7)11/h8,10H,3-6H2,1-2H3. The molecule has 1 atom stereocenters. The molecule has 1 unspecified atom stereocenters. The van der Waals surface area contributed by atoms with E-state index in [1.165, 1.54) is 13.0 Å². The minimum absolute atomic E-state index is 0.757. The molecule has 2 nitrogen and oxygen atoms in total. The van der Waals surface area contributed by atoms with Crippen LogP contribution in [0.5, 0.6) is 0 Å². The maximum absolute atomic E-state index is 3.41. The lowest BCUT2D eigenvalue weighted by Crippen LogP contribution is -2.42. The normalized spacial score (nSPS) is 31.1. The van der Waals surface area contributed by atoms with Crippen molar-refractivity contribution < 1.29 is 0 Å². The second-order valence-corrected chi connectivity index (χ2v) is 3.65. The van der Waals surface area contributed by atoms with Crippen molar-refractivity contribution in [2.24, 2.45) is 0 Å². The highest BCUT2D eigenvalue weighted by Crippen LogP contribution is 2.28. The first-order valence-electron chi connectivity index (χ1n) is 4.45. The Labute approximate surface area is 68.3 Å². The average Bonchev–Trinajstić information content (AvgIpc) is 2.30. The lowest BCUT2D eigenvalue weighted by molar-refractivity contribution is 0.263. The zero-order chi connectivity index (χ0) is 7.84. The summed E-state index contributed by atoms with van der Waals surface area (Å²) in [4.78, 5) is 2.55. The highest BCUT2D eigenvalue weighted by atomic mass is 15.2. The highest BCUT2D eigenvalue weighted by Gasteiger charge is 2.27. The van der Waals surface area contributed by atoms with E-state index in [0.717, 1.165) is 19.1 Å². The van der Waals surface area contributed by atoms with Crippen molar-refractivity contribution in [2.75, 3.05) is 19.6 Å². The number of piperazine rings is 1. The van der Waals surface area contributed by atoms with Gasteiger partial charge in [-0.05, 0) is 20.3 Å². The molecule has 0 amide bonds. The zero-order valence-electron chi connectivity index (χ0n) is 7.35. The van der Waals surface area contributed by atoms with E-state index in [-0.39, 0.29) is 0 Å². The van der Waals surface area contributed by atoms with Crippen LogP contribution in [0.2, 0.25) is 0 Å². The number of nitrogens with one attached hydrogen (secondary N) is 1. The van der Waals surface area contributed by atoms with Crippen molar-refractivity contribution in [3.05, 3.63) is 11.3 Å². The molecule has 0 aliphatic carbocycles. The number of nitrogens with zero attached hydrogens (tertiary/aromatic N) is 1. The van der Waals surface area contributed by atoms with Gasteiger partial charge in [0.15, 0.2) is 0 Å². The summed E-state index contributed by atoms with van der Waals surface area (Å²) in [5, 5.41) is 3.41. The van der Waals surface area contributed by atoms with E-state index in [1.807, 2.05) is 0 Å². The molecule has 0 spiro atoms. The molecule has 0 aromatic heterocycles. The van der Waals surface area contributed by atoms with Gasteiger partial charge in [-0.2, -0.15) is 0 Å². The third-order valence-corrected chi connectivity index (χ3v) is 2.79. The minimum Gasteiger partial charge on any atom is -0.370 e. The molecule has 0 radical (unpaired) electrons. The Bertz CT molecular complexity index is 196. The van der Waals surface area contributed by atoms with Crippen molar-refractivity contribution in [1.29, 1.82) is 0 Å². The smallest absolute Gasteiger partial charge is 0.0356 e. The molecule has 2 aliphatic rings. The quantitative estimate of drug-likeness (QED) is 0.556. The summed E-state index contributed by atoms with van der Waals surface area (Å²) in [5.74, 6) is 0. The SMILES string of the molecule is CC1=C2CNCCN2C(C)C1. The third kappa shape index (κ3) is 1.06. The van der Waals surface area contributed by atoms with E-state index in [4.69, 9.17) is 0 Å². The van der Waals surface area contributed by atoms with E-state index in [1.54, 1.807) is 11.3 Å². The molecule has 62 valence electrons. The van der Waals surface area contributed by atoms with Gasteiger partial charge >= 0.3 is 0 Å². The van der Waals surface area contributed by atoms with Gasteiger partial charge in [0, 0.05) is 31.4 Å². The molecular weight excluding hydrogens is 136 g/mol. The minimum atomic E-state index is 0.757. The highest BCUT2D eigenvalue weighted by molar-refractivity contribution is 5.22. The second kappa shape index (κ2) is 2.52. The van der Waals surface area contributed by atoms with Gasteiger partial charge in [-0.15, -0.1) is 0 Å². The predicted molar refractivity (Wildman–Crippen MR) is 46.4 cm³/mol. The van der Waals surface area contributed by atoms with E-state index < -0.39 is 0 Å². The van der Waals surface area contributed by atoms with Crippen LogP contribution < -0.4 is 5.32 Å². The molecular formula is C9H16N2. The first kappa shape index (κ1) is 7.17. The topological polar surface area (TPSA) is 15.3 Å². The molecule has 2 rings (SSSR count). The molecule has 1 fully saturated rings. The van der Waals surface area contributed by atoms with E-state index in [2.05, 4.69) is 24.1 Å². The largest absolute Gasteiger partial charge is 0.370 e. The summed E-state index contributed by atoms with van der Waals surface area (Å²) in [7, 11) is 0. The second-order valence-electron chi connectivity index (χ2n) is 3.65. The molecule has 0 aromatic carbocycles. The Balaban J connectivity index is 2.21. The van der Waals surface area contributed by atoms with Gasteiger partial charge in [0.05, 0.1) is 0 Å². The van der Waals surface area contributed by atoms with E-state index >= 15 is 0 Å². The van der Waals surface area contributed by atoms with Crippen LogP contribution in [0.1, 0.15) is 20.3 Å². The number of fused-ring (bicyclic) bond motifs is 1. The van der Waals surface area contributed by atoms with E-state index in [0.29, 0.717) is 0 Å². The van der Waals surface area contributed by atoms with Crippen molar-refractivity contribution >= 4 is 0 Å². The first-order valence-corrected chi connectivity index (χ1v) is 4.45. The zero-order valence-corrected chi connectivity index (χ0v) is 7.35. The van der Waals surface area contributed by atoms with Crippen LogP contribution in [0.4, 0.5) is 0 Å². The lowest BCUT2D eigenvalue weighted by atomic mass is 10.2. The van der Waals surface area contributed by atoms with Crippen LogP contribution >= 0.6 is 0 Å². The number of hydrogen-bond donors (Lipinski definition) is 1. The van der Waals surface area contributed by atoms with Crippen LogP contribution in [-0.4, -0.2) is 30.6 Å². The number of rotatable bonds is 0. The molecule has 2 aliphatic heterocycles. The van der Waals surface area contributed by atoms with Crippen LogP contribution in [0.3, 0.4) is 0 Å². The molecule has 2 heteroatoms. The van der Waals surface area contributed by atoms with Gasteiger partial charge in [-0.3, -0.25) is 0 Å². The first-order chi connectivity index (χ1) is 5.29. The molecule has 0 bridgehead atoms. The molecule has 2 heterocycles. The summed E-state index contributed by atoms with van der Waals surface area (Å²) in [6.45, 7) is 8.03. The van der Waals surface area contributed by atoms with Gasteiger partial charge < -0.3 is 10.2 Å². The fraction of sp³-hybridized carbons (Fsp3) is 0.778. The van der Waals surface area contributed by atoms with E-state index in [9.17, 15) is 0 Å². The monoisotopic (exact) mass is 152 g/mol. The fourth-order valence-corrected chi connectivity index (χ4v) is 2.20. The molecule has 0 saturated carbocycles. The molecule has 1 saturated heterocycles. The Kier molecular flexibility index (Phi) is 1.64. The maximum atomic E-state index is 3.41. The van der Waals surface area contributed by atoms with Crippen molar-refractivity contribution in [3.63, 3.8) is 0 Å². The van der Waals surface area contributed by atoms with Crippen molar-refractivity contribution in [2.45, 2.75) is 26.3 Å². The summed E-state index contributed by atoms with van der Waals surface area (Å²) >= 11 is 0. The maximum Gasteiger partial charge on any atom is 0.0356 e. The summed E-state index contributed by atoms with van der Waals surface area (Å²) in [6, 6.07) is 0.757. The van der Waals surface area contributed by atoms with Crippen LogP contribution in [0.25, 0.3) is 0 Å². The lowest BCUT2D eigenvalue weighted by Gasteiger charge is -2.32. The Morgan fingerprint density at radius 3 is 3.09 bits per heavy atom. The number of hydrogen-bond acceptors (Lipinski definition) is 2. The Morgan fingerprint density at radius 1 is 1.55 bits per heavy atom. The van der Waals surface area contributed by atoms with Gasteiger partial charge in [0.25, 0.3) is 0 Å². The fourth-order valence-electron chi connectivity index (χ4n) is 2.20. The van der Waals surface area contributed by atoms with Crippen molar-refractivity contribution in [1.82, 2.24) is 10.2 Å². The third-order valence-electron chi connectivity index (χ3n) is 2.79. The molecule has 11 heavy (non-hydrogen) atoms. The average molecular weight is 152 g/mol. The van der Waals surface area contributed by atoms with Crippen molar-refractivity contribution in [3.8, 4) is 0 Å². The van der Waals surface area contributed by atoms with Gasteiger partial charge in [0.1, 0.15) is 0 Å². The van der Waals surface area contributed by atoms with Gasteiger partial charge in [-0.25, -0.2) is 0 Å². The van der Waals surface area contributed by atoms with Crippen LogP contribution in [-0.2, 0) is 0 Å². The predicted octanol–water partition coefficient (Wildman–Crippen LogP) is 0.958. The summed E-state index contributed by atoms with van der Waals surface area (Å²) < 4.78 is 0. The van der Waals surface area contributed by atoms with Gasteiger partial charge in [-0.1, -0.05) is 5.57 Å². The Morgan fingerprint density at radius 2 is 2.36 bits per heavy atom. The Hall–Kier alpha value is -0.500. The summed E-state index contributed by atoms with van der Waals surface area (Å²) in [5.41, 5.74) is 3.15.